The molecule has 1 amide bonds. The fraction of sp³-hybridized carbons (Fsp3) is 0.421. The van der Waals surface area contributed by atoms with Crippen molar-refractivity contribution in [3.63, 3.8) is 0 Å². The predicted octanol–water partition coefficient (Wildman–Crippen LogP) is 1.45. The molecule has 2 aliphatic heterocycles. The maximum absolute atomic E-state index is 13.1. The molecule has 2 N–H and O–H groups in total. The molecule has 4 heterocycles. The number of hydrogen-bond donors (Lipinski definition) is 1. The number of likely N-dealkylation sites (tertiary alicyclic amines) is 1. The summed E-state index contributed by atoms with van der Waals surface area (Å²) in [6.07, 6.45) is 3.25. The van der Waals surface area contributed by atoms with E-state index in [2.05, 4.69) is 9.97 Å². The number of anilines is 1. The molecule has 2 aliphatic rings. The molecule has 0 saturated carbocycles. The number of ether oxygens (including phenoxy) is 3. The van der Waals surface area contributed by atoms with Crippen molar-refractivity contribution in [3.8, 4) is 5.75 Å². The second-order valence-corrected chi connectivity index (χ2v) is 7.08. The van der Waals surface area contributed by atoms with Gasteiger partial charge in [-0.15, -0.1) is 0 Å². The van der Waals surface area contributed by atoms with E-state index in [4.69, 9.17) is 19.9 Å². The lowest BCUT2D eigenvalue weighted by molar-refractivity contribution is -0.183. The Morgan fingerprint density at radius 3 is 2.89 bits per heavy atom. The molecular formula is C19H21N5O4. The molecule has 2 fully saturated rings. The minimum atomic E-state index is -0.673. The lowest BCUT2D eigenvalue weighted by atomic mass is 10.0. The minimum absolute atomic E-state index is 0.169. The first-order chi connectivity index (χ1) is 13.6. The molecule has 0 aliphatic carbocycles. The first-order valence-electron chi connectivity index (χ1n) is 9.29. The van der Waals surface area contributed by atoms with Crippen LogP contribution >= 0.6 is 0 Å². The third kappa shape index (κ3) is 2.58. The summed E-state index contributed by atoms with van der Waals surface area (Å²) in [6, 6.07) is 5.56. The number of nitrogens with zero attached hydrogens (tertiary/aromatic N) is 4. The van der Waals surface area contributed by atoms with Crippen LogP contribution in [0.3, 0.4) is 0 Å². The van der Waals surface area contributed by atoms with Crippen LogP contribution in [0.1, 0.15) is 23.3 Å². The topological polar surface area (TPSA) is 104 Å². The van der Waals surface area contributed by atoms with Crippen molar-refractivity contribution in [2.75, 3.05) is 39.1 Å². The Morgan fingerprint density at radius 2 is 2.11 bits per heavy atom. The van der Waals surface area contributed by atoms with E-state index in [-0.39, 0.29) is 11.9 Å². The van der Waals surface area contributed by atoms with E-state index in [1.54, 1.807) is 22.6 Å². The smallest absolute Gasteiger partial charge is 0.274 e. The van der Waals surface area contributed by atoms with Gasteiger partial charge in [0.2, 0.25) is 5.95 Å². The molecule has 5 rings (SSSR count). The largest absolute Gasteiger partial charge is 0.494 e. The molecule has 0 bridgehead atoms. The van der Waals surface area contributed by atoms with Crippen LogP contribution in [0.5, 0.6) is 5.75 Å². The number of aromatic nitrogens is 3. The number of para-hydroxylation sites is 1. The van der Waals surface area contributed by atoms with Crippen molar-refractivity contribution < 1.29 is 19.0 Å². The van der Waals surface area contributed by atoms with Gasteiger partial charge in [-0.2, -0.15) is 0 Å². The highest BCUT2D eigenvalue weighted by Gasteiger charge is 2.42. The van der Waals surface area contributed by atoms with Crippen molar-refractivity contribution in [2.24, 2.45) is 0 Å². The zero-order valence-electron chi connectivity index (χ0n) is 15.6. The van der Waals surface area contributed by atoms with Crippen LogP contribution in [0.2, 0.25) is 0 Å². The number of nitrogens with two attached hydrogens (primary N) is 1. The van der Waals surface area contributed by atoms with Gasteiger partial charge in [0.1, 0.15) is 22.6 Å². The summed E-state index contributed by atoms with van der Waals surface area (Å²) in [5.41, 5.74) is 7.63. The van der Waals surface area contributed by atoms with Gasteiger partial charge in [-0.05, 0) is 18.6 Å². The van der Waals surface area contributed by atoms with Crippen LogP contribution in [-0.4, -0.2) is 64.4 Å². The van der Waals surface area contributed by atoms with Crippen molar-refractivity contribution in [1.82, 2.24) is 19.3 Å². The van der Waals surface area contributed by atoms with E-state index in [1.807, 2.05) is 18.2 Å². The van der Waals surface area contributed by atoms with Crippen molar-refractivity contribution in [1.29, 1.82) is 0 Å². The van der Waals surface area contributed by atoms with Gasteiger partial charge in [-0.3, -0.25) is 9.20 Å². The molecule has 3 aromatic rings. The molecule has 9 heteroatoms. The predicted molar refractivity (Wildman–Crippen MR) is 101 cm³/mol. The number of carbonyl (C=O) groups is 1. The third-order valence-electron chi connectivity index (χ3n) is 5.38. The zero-order valence-corrected chi connectivity index (χ0v) is 15.6. The van der Waals surface area contributed by atoms with Crippen LogP contribution < -0.4 is 10.5 Å². The summed E-state index contributed by atoms with van der Waals surface area (Å²) in [5.74, 6) is 0.0118. The van der Waals surface area contributed by atoms with E-state index in [1.165, 1.54) is 0 Å². The maximum atomic E-state index is 13.1. The van der Waals surface area contributed by atoms with Crippen LogP contribution in [0.25, 0.3) is 16.6 Å². The summed E-state index contributed by atoms with van der Waals surface area (Å²) in [5, 5.41) is 0.769. The number of benzene rings is 1. The molecule has 1 spiro atoms. The molecule has 2 aromatic heterocycles. The monoisotopic (exact) mass is 383 g/mol. The lowest BCUT2D eigenvalue weighted by Crippen LogP contribution is -2.51. The number of methoxy groups -OCH3 is 1. The Kier molecular flexibility index (Phi) is 3.88. The maximum Gasteiger partial charge on any atom is 0.274 e. The summed E-state index contributed by atoms with van der Waals surface area (Å²) >= 11 is 0. The highest BCUT2D eigenvalue weighted by Crippen LogP contribution is 2.32. The van der Waals surface area contributed by atoms with E-state index < -0.39 is 5.79 Å². The van der Waals surface area contributed by atoms with Crippen molar-refractivity contribution in [2.45, 2.75) is 18.6 Å². The Hall–Kier alpha value is -2.91. The molecule has 28 heavy (non-hydrogen) atoms. The Bertz CT molecular complexity index is 1070. The van der Waals surface area contributed by atoms with Crippen LogP contribution in [-0.2, 0) is 9.47 Å². The molecule has 9 nitrogen and oxygen atoms in total. The van der Waals surface area contributed by atoms with E-state index >= 15 is 0 Å². The Balaban J connectivity index is 1.55. The summed E-state index contributed by atoms with van der Waals surface area (Å²) < 4.78 is 18.6. The van der Waals surface area contributed by atoms with Gasteiger partial charge in [-0.25, -0.2) is 9.97 Å². The van der Waals surface area contributed by atoms with Gasteiger partial charge in [-0.1, -0.05) is 6.07 Å². The van der Waals surface area contributed by atoms with E-state index in [9.17, 15) is 4.79 Å². The number of fused-ring (bicyclic) bond motifs is 3. The molecule has 1 aromatic carbocycles. The second kappa shape index (κ2) is 6.32. The Morgan fingerprint density at radius 1 is 1.29 bits per heavy atom. The summed E-state index contributed by atoms with van der Waals surface area (Å²) in [4.78, 5) is 23.9. The normalized spacial score (nSPS) is 19.0. The number of imidazole rings is 1. The van der Waals surface area contributed by atoms with Gasteiger partial charge < -0.3 is 24.8 Å². The zero-order chi connectivity index (χ0) is 19.3. The fourth-order valence-electron chi connectivity index (χ4n) is 4.06. The van der Waals surface area contributed by atoms with Crippen LogP contribution in [0, 0.1) is 0 Å². The second-order valence-electron chi connectivity index (χ2n) is 7.08. The molecule has 2 saturated heterocycles. The van der Waals surface area contributed by atoms with Gasteiger partial charge >= 0.3 is 0 Å². The number of nitrogen functional groups attached to an aromatic ring is 1. The highest BCUT2D eigenvalue weighted by atomic mass is 16.7. The number of carbonyl (C=O) groups excluding carboxylic acids is 1. The fourth-order valence-corrected chi connectivity index (χ4v) is 4.06. The summed E-state index contributed by atoms with van der Waals surface area (Å²) in [7, 11) is 1.58. The quantitative estimate of drug-likeness (QED) is 0.714. The van der Waals surface area contributed by atoms with Gasteiger partial charge in [0.25, 0.3) is 5.91 Å². The first-order valence-corrected chi connectivity index (χ1v) is 9.29. The van der Waals surface area contributed by atoms with E-state index in [0.717, 1.165) is 18.2 Å². The van der Waals surface area contributed by atoms with Gasteiger partial charge in [0, 0.05) is 24.5 Å². The van der Waals surface area contributed by atoms with Crippen molar-refractivity contribution >= 4 is 28.4 Å². The number of piperidine rings is 1. The number of hydrogen-bond acceptors (Lipinski definition) is 7. The number of amides is 1. The first kappa shape index (κ1) is 17.2. The van der Waals surface area contributed by atoms with Crippen LogP contribution in [0.15, 0.2) is 24.4 Å². The molecule has 0 atom stereocenters. The van der Waals surface area contributed by atoms with Crippen LogP contribution in [0.4, 0.5) is 5.95 Å². The SMILES string of the molecule is COc1cccc2c1nc(N)n1cc(C(=O)N3CCCC4(C3)OCCO4)nc21. The summed E-state index contributed by atoms with van der Waals surface area (Å²) in [6.45, 7) is 2.17. The average Bonchev–Trinajstić information content (AvgIpc) is 3.35. The molecular weight excluding hydrogens is 362 g/mol. The number of rotatable bonds is 2. The minimum Gasteiger partial charge on any atom is -0.494 e. The van der Waals surface area contributed by atoms with Crippen molar-refractivity contribution in [3.05, 3.63) is 30.1 Å². The molecule has 0 radical (unpaired) electrons. The average molecular weight is 383 g/mol. The lowest BCUT2D eigenvalue weighted by Gasteiger charge is -2.38. The highest BCUT2D eigenvalue weighted by molar-refractivity contribution is 5.99. The standard InChI is InChI=1S/C19H21N5O4/c1-26-14-5-2-4-12-15(14)22-18(20)24-10-13(21-16(12)24)17(25)23-7-3-6-19(11-23)27-8-9-28-19/h2,4-5,10H,3,6-9,11H2,1H3,(H2,20,22). The molecule has 146 valence electrons. The molecule has 0 unspecified atom stereocenters. The third-order valence-corrected chi connectivity index (χ3v) is 5.38. The Labute approximate surface area is 161 Å². The van der Waals surface area contributed by atoms with Gasteiger partial charge in [0.05, 0.1) is 26.9 Å². The van der Waals surface area contributed by atoms with E-state index in [0.29, 0.717) is 48.9 Å². The van der Waals surface area contributed by atoms with Gasteiger partial charge in [0.15, 0.2) is 5.79 Å².